The zero-order valence-electron chi connectivity index (χ0n) is 12.2. The molecule has 0 bridgehead atoms. The van der Waals surface area contributed by atoms with Crippen LogP contribution in [0.25, 0.3) is 31.3 Å². The second-order valence-corrected chi connectivity index (χ2v) is 6.64. The maximum absolute atomic E-state index is 2.34. The first-order chi connectivity index (χ1) is 10.2. The summed E-state index contributed by atoms with van der Waals surface area (Å²) in [5.74, 6) is 0. The Balaban J connectivity index is 1.99. The minimum absolute atomic E-state index is 1.32. The Morgan fingerprint density at radius 2 is 1.52 bits per heavy atom. The van der Waals surface area contributed by atoms with Crippen LogP contribution in [0.3, 0.4) is 0 Å². The van der Waals surface area contributed by atoms with Crippen LogP contribution in [0.1, 0.15) is 11.1 Å². The number of aryl methyl sites for hydroxylation is 1. The van der Waals surface area contributed by atoms with Gasteiger partial charge in [-0.1, -0.05) is 48.5 Å². The van der Waals surface area contributed by atoms with Crippen LogP contribution < -0.4 is 0 Å². The lowest BCUT2D eigenvalue weighted by Gasteiger charge is -2.08. The third kappa shape index (κ3) is 1.97. The van der Waals surface area contributed by atoms with Gasteiger partial charge in [-0.05, 0) is 48.2 Å². The molecule has 4 aromatic rings. The minimum atomic E-state index is 1.32. The van der Waals surface area contributed by atoms with Crippen molar-refractivity contribution in [1.82, 2.24) is 0 Å². The first kappa shape index (κ1) is 12.6. The van der Waals surface area contributed by atoms with Gasteiger partial charge in [0, 0.05) is 20.2 Å². The van der Waals surface area contributed by atoms with Crippen LogP contribution in [0.15, 0.2) is 60.7 Å². The molecular formula is C20H16S. The van der Waals surface area contributed by atoms with Crippen LogP contribution in [-0.4, -0.2) is 0 Å². The van der Waals surface area contributed by atoms with E-state index in [1.165, 1.54) is 42.4 Å². The maximum atomic E-state index is 2.34. The summed E-state index contributed by atoms with van der Waals surface area (Å²) in [7, 11) is 0. The maximum Gasteiger partial charge on any atom is 0.0361 e. The van der Waals surface area contributed by atoms with Crippen molar-refractivity contribution < 1.29 is 0 Å². The topological polar surface area (TPSA) is 0 Å². The highest BCUT2D eigenvalue weighted by molar-refractivity contribution is 7.25. The molecule has 0 aliphatic carbocycles. The van der Waals surface area contributed by atoms with Crippen LogP contribution in [-0.2, 0) is 0 Å². The predicted octanol–water partition coefficient (Wildman–Crippen LogP) is 6.34. The molecule has 0 fully saturated rings. The van der Waals surface area contributed by atoms with Crippen molar-refractivity contribution in [1.29, 1.82) is 0 Å². The molecule has 0 radical (unpaired) electrons. The Morgan fingerprint density at radius 1 is 0.714 bits per heavy atom. The first-order valence-corrected chi connectivity index (χ1v) is 8.03. The van der Waals surface area contributed by atoms with Crippen LogP contribution in [0, 0.1) is 13.8 Å². The summed E-state index contributed by atoms with van der Waals surface area (Å²) in [6, 6.07) is 22.1. The van der Waals surface area contributed by atoms with Gasteiger partial charge in [0.05, 0.1) is 0 Å². The van der Waals surface area contributed by atoms with Crippen molar-refractivity contribution in [2.45, 2.75) is 13.8 Å². The average Bonchev–Trinajstić information content (AvgIpc) is 2.87. The number of fused-ring (bicyclic) bond motifs is 3. The molecule has 0 unspecified atom stereocenters. The van der Waals surface area contributed by atoms with Crippen molar-refractivity contribution in [3.63, 3.8) is 0 Å². The van der Waals surface area contributed by atoms with E-state index in [-0.39, 0.29) is 0 Å². The van der Waals surface area contributed by atoms with Gasteiger partial charge in [0.15, 0.2) is 0 Å². The minimum Gasteiger partial charge on any atom is -0.135 e. The lowest BCUT2D eigenvalue weighted by Crippen LogP contribution is -1.86. The van der Waals surface area contributed by atoms with E-state index in [0.29, 0.717) is 0 Å². The monoisotopic (exact) mass is 288 g/mol. The molecule has 0 N–H and O–H groups in total. The van der Waals surface area contributed by atoms with Gasteiger partial charge in [0.1, 0.15) is 0 Å². The van der Waals surface area contributed by atoms with E-state index < -0.39 is 0 Å². The lowest BCUT2D eigenvalue weighted by molar-refractivity contribution is 1.34. The first-order valence-electron chi connectivity index (χ1n) is 7.22. The van der Waals surface area contributed by atoms with Crippen molar-refractivity contribution in [3.8, 4) is 11.1 Å². The number of rotatable bonds is 1. The van der Waals surface area contributed by atoms with Gasteiger partial charge in [-0.15, -0.1) is 11.3 Å². The highest BCUT2D eigenvalue weighted by Gasteiger charge is 2.08. The Bertz CT molecular complexity index is 960. The fourth-order valence-corrected chi connectivity index (χ4v) is 4.10. The molecule has 0 saturated carbocycles. The van der Waals surface area contributed by atoms with Crippen molar-refractivity contribution >= 4 is 31.5 Å². The number of hydrogen-bond donors (Lipinski definition) is 0. The fraction of sp³-hybridized carbons (Fsp3) is 0.100. The van der Waals surface area contributed by atoms with Gasteiger partial charge in [0.2, 0.25) is 0 Å². The second-order valence-electron chi connectivity index (χ2n) is 5.56. The predicted molar refractivity (Wildman–Crippen MR) is 94.2 cm³/mol. The van der Waals surface area contributed by atoms with Gasteiger partial charge < -0.3 is 0 Å². The Morgan fingerprint density at radius 3 is 2.43 bits per heavy atom. The molecule has 0 aliphatic rings. The van der Waals surface area contributed by atoms with Crippen molar-refractivity contribution in [3.05, 3.63) is 71.8 Å². The SMILES string of the molecule is Cc1cccc(-c2ccc3c(c2)sc2ccccc23)c1C. The van der Waals surface area contributed by atoms with Gasteiger partial charge in [-0.2, -0.15) is 0 Å². The molecule has 21 heavy (non-hydrogen) atoms. The highest BCUT2D eigenvalue weighted by Crippen LogP contribution is 2.36. The standard InChI is InChI=1S/C20H16S/c1-13-6-5-8-16(14(13)2)15-10-11-18-17-7-3-4-9-19(17)21-20(18)12-15/h3-12H,1-2H3. The quantitative estimate of drug-likeness (QED) is 0.383. The molecule has 0 saturated heterocycles. The van der Waals surface area contributed by atoms with E-state index in [1.54, 1.807) is 0 Å². The molecule has 102 valence electrons. The molecule has 1 heterocycles. The summed E-state index contributed by atoms with van der Waals surface area (Å²) in [6.07, 6.45) is 0. The smallest absolute Gasteiger partial charge is 0.0361 e. The zero-order chi connectivity index (χ0) is 14.4. The fourth-order valence-electron chi connectivity index (χ4n) is 2.96. The molecular weight excluding hydrogens is 272 g/mol. The molecule has 4 rings (SSSR count). The number of thiophene rings is 1. The van der Waals surface area contributed by atoms with Crippen molar-refractivity contribution in [2.75, 3.05) is 0 Å². The third-order valence-corrected chi connectivity index (χ3v) is 5.43. The Kier molecular flexibility index (Phi) is 2.83. The molecule has 1 heteroatoms. The summed E-state index contributed by atoms with van der Waals surface area (Å²) >= 11 is 1.88. The zero-order valence-corrected chi connectivity index (χ0v) is 13.0. The normalized spacial score (nSPS) is 11.3. The van der Waals surface area contributed by atoms with E-state index in [9.17, 15) is 0 Å². The van der Waals surface area contributed by atoms with Crippen LogP contribution in [0.5, 0.6) is 0 Å². The van der Waals surface area contributed by atoms with Gasteiger partial charge in [0.25, 0.3) is 0 Å². The molecule has 0 spiro atoms. The van der Waals surface area contributed by atoms with E-state index in [1.807, 2.05) is 11.3 Å². The Hall–Kier alpha value is -2.12. The molecule has 0 amide bonds. The van der Waals surface area contributed by atoms with Crippen molar-refractivity contribution in [2.24, 2.45) is 0 Å². The lowest BCUT2D eigenvalue weighted by atomic mass is 9.96. The summed E-state index contributed by atoms with van der Waals surface area (Å²) in [5, 5.41) is 2.73. The number of benzene rings is 3. The van der Waals surface area contributed by atoms with Crippen LogP contribution >= 0.6 is 11.3 Å². The molecule has 0 aliphatic heterocycles. The van der Waals surface area contributed by atoms with E-state index in [2.05, 4.69) is 74.5 Å². The van der Waals surface area contributed by atoms with E-state index >= 15 is 0 Å². The molecule has 1 aromatic heterocycles. The summed E-state index contributed by atoms with van der Waals surface area (Å²) in [4.78, 5) is 0. The summed E-state index contributed by atoms with van der Waals surface area (Å²) < 4.78 is 2.74. The van der Waals surface area contributed by atoms with Crippen LogP contribution in [0.2, 0.25) is 0 Å². The highest BCUT2D eigenvalue weighted by atomic mass is 32.1. The summed E-state index contributed by atoms with van der Waals surface area (Å²) in [6.45, 7) is 4.39. The molecule has 0 nitrogen and oxygen atoms in total. The number of hydrogen-bond acceptors (Lipinski definition) is 1. The van der Waals surface area contributed by atoms with E-state index in [4.69, 9.17) is 0 Å². The Labute approximate surface area is 128 Å². The summed E-state index contributed by atoms with van der Waals surface area (Å²) in [5.41, 5.74) is 5.38. The van der Waals surface area contributed by atoms with Gasteiger partial charge in [-0.3, -0.25) is 0 Å². The molecule has 0 atom stereocenters. The average molecular weight is 288 g/mol. The largest absolute Gasteiger partial charge is 0.135 e. The van der Waals surface area contributed by atoms with Gasteiger partial charge in [-0.25, -0.2) is 0 Å². The third-order valence-electron chi connectivity index (χ3n) is 4.29. The molecule has 3 aromatic carbocycles. The second kappa shape index (κ2) is 4.71. The van der Waals surface area contributed by atoms with E-state index in [0.717, 1.165) is 0 Å². The van der Waals surface area contributed by atoms with Crippen LogP contribution in [0.4, 0.5) is 0 Å². The van der Waals surface area contributed by atoms with Gasteiger partial charge >= 0.3 is 0 Å².